The zero-order valence-electron chi connectivity index (χ0n) is 11.9. The monoisotopic (exact) mass is 312 g/mol. The number of carboxylic acid groups (broad SMARTS) is 1. The van der Waals surface area contributed by atoms with E-state index in [-0.39, 0.29) is 11.3 Å². The largest absolute Gasteiger partial charge is 0.492 e. The second-order valence-electron chi connectivity index (χ2n) is 4.96. The number of benzene rings is 1. The van der Waals surface area contributed by atoms with Crippen LogP contribution < -0.4 is 4.74 Å². The van der Waals surface area contributed by atoms with Gasteiger partial charge in [0.2, 0.25) is 0 Å². The van der Waals surface area contributed by atoms with Crippen molar-refractivity contribution in [3.05, 3.63) is 28.7 Å². The number of carbonyl (C=O) groups is 1. The highest BCUT2D eigenvalue weighted by Gasteiger charge is 2.28. The van der Waals surface area contributed by atoms with E-state index in [9.17, 15) is 19.0 Å². The molecule has 0 fully saturated rings. The second-order valence-corrected chi connectivity index (χ2v) is 6.86. The number of ether oxygens (including phenoxy) is 1. The molecular weight excluding hydrogens is 292 g/mol. The number of hydrogen-bond acceptors (Lipinski definition) is 4. The van der Waals surface area contributed by atoms with E-state index < -0.39 is 16.6 Å². The minimum atomic E-state index is -2.96. The molecule has 0 amide bonds. The molecule has 5 nitrogen and oxygen atoms in total. The molecule has 0 atom stereocenters. The summed E-state index contributed by atoms with van der Waals surface area (Å²) in [7, 11) is -2.96. The fourth-order valence-corrected chi connectivity index (χ4v) is 3.49. The van der Waals surface area contributed by atoms with Crippen molar-refractivity contribution in [2.75, 3.05) is 6.61 Å². The van der Waals surface area contributed by atoms with Crippen LogP contribution >= 0.6 is 10.6 Å². The smallest absolute Gasteiger partial charge is 0.339 e. The normalized spacial score (nSPS) is 16.5. The first kappa shape index (κ1) is 15.9. The van der Waals surface area contributed by atoms with E-state index in [1.54, 1.807) is 0 Å². The SMILES string of the molecule is CCCCCCOc1c(C(=O)O)ccc2c1C=CS2(O)O. The van der Waals surface area contributed by atoms with E-state index in [0.717, 1.165) is 25.7 Å². The molecule has 0 radical (unpaired) electrons. The number of rotatable bonds is 7. The zero-order valence-corrected chi connectivity index (χ0v) is 12.7. The van der Waals surface area contributed by atoms with Crippen LogP contribution in [0.15, 0.2) is 22.4 Å². The van der Waals surface area contributed by atoms with Gasteiger partial charge in [0.05, 0.1) is 11.5 Å². The molecule has 0 saturated heterocycles. The van der Waals surface area contributed by atoms with Crippen LogP contribution in [0.3, 0.4) is 0 Å². The molecule has 0 spiro atoms. The summed E-state index contributed by atoms with van der Waals surface area (Å²) in [5, 5.41) is 10.5. The molecule has 6 heteroatoms. The molecule has 3 N–H and O–H groups in total. The Hall–Kier alpha value is -1.50. The second kappa shape index (κ2) is 6.51. The number of fused-ring (bicyclic) bond motifs is 1. The molecule has 21 heavy (non-hydrogen) atoms. The van der Waals surface area contributed by atoms with Crippen LogP contribution in [0.4, 0.5) is 0 Å². The molecule has 1 aromatic rings. The van der Waals surface area contributed by atoms with Crippen LogP contribution in [0.1, 0.15) is 48.5 Å². The average molecular weight is 312 g/mol. The van der Waals surface area contributed by atoms with Gasteiger partial charge in [0, 0.05) is 11.0 Å². The summed E-state index contributed by atoms with van der Waals surface area (Å²) in [6.45, 7) is 2.53. The molecule has 1 heterocycles. The van der Waals surface area contributed by atoms with Crippen molar-refractivity contribution in [3.63, 3.8) is 0 Å². The molecule has 1 aliphatic rings. The number of hydrogen-bond donors (Lipinski definition) is 3. The lowest BCUT2D eigenvalue weighted by Gasteiger charge is -2.26. The van der Waals surface area contributed by atoms with Crippen LogP contribution in [0.5, 0.6) is 5.75 Å². The molecule has 0 unspecified atom stereocenters. The quantitative estimate of drug-likeness (QED) is 0.648. The Morgan fingerprint density at radius 2 is 2.00 bits per heavy atom. The number of aromatic carboxylic acids is 1. The Morgan fingerprint density at radius 1 is 1.24 bits per heavy atom. The van der Waals surface area contributed by atoms with Crippen molar-refractivity contribution in [1.82, 2.24) is 0 Å². The summed E-state index contributed by atoms with van der Waals surface area (Å²) >= 11 is 0. The highest BCUT2D eigenvalue weighted by Crippen LogP contribution is 2.58. The van der Waals surface area contributed by atoms with Gasteiger partial charge in [-0.3, -0.25) is 9.11 Å². The topological polar surface area (TPSA) is 87.0 Å². The van der Waals surface area contributed by atoms with E-state index in [0.29, 0.717) is 17.1 Å². The number of unbranched alkanes of at least 4 members (excludes halogenated alkanes) is 3. The maximum atomic E-state index is 11.3. The predicted octanol–water partition coefficient (Wildman–Crippen LogP) is 4.44. The van der Waals surface area contributed by atoms with Gasteiger partial charge in [-0.2, -0.15) is 0 Å². The van der Waals surface area contributed by atoms with Gasteiger partial charge in [0.1, 0.15) is 11.3 Å². The van der Waals surface area contributed by atoms with E-state index in [1.165, 1.54) is 23.6 Å². The summed E-state index contributed by atoms with van der Waals surface area (Å²) < 4.78 is 25.4. The summed E-state index contributed by atoms with van der Waals surface area (Å²) in [4.78, 5) is 11.6. The lowest BCUT2D eigenvalue weighted by atomic mass is 10.1. The summed E-state index contributed by atoms with van der Waals surface area (Å²) in [5.41, 5.74) is 0.511. The molecule has 1 aliphatic heterocycles. The van der Waals surface area contributed by atoms with Gasteiger partial charge >= 0.3 is 5.97 Å². The van der Waals surface area contributed by atoms with Gasteiger partial charge < -0.3 is 9.84 Å². The Balaban J connectivity index is 2.23. The summed E-state index contributed by atoms with van der Waals surface area (Å²) in [6.07, 6.45) is 5.63. The van der Waals surface area contributed by atoms with Crippen LogP contribution in [0.25, 0.3) is 6.08 Å². The Labute approximate surface area is 125 Å². The third kappa shape index (κ3) is 3.40. The predicted molar refractivity (Wildman–Crippen MR) is 83.2 cm³/mol. The van der Waals surface area contributed by atoms with Gasteiger partial charge in [-0.1, -0.05) is 26.2 Å². The van der Waals surface area contributed by atoms with Gasteiger partial charge in [0.25, 0.3) is 0 Å². The first-order valence-corrected chi connectivity index (χ1v) is 8.58. The molecule has 0 saturated carbocycles. The first-order chi connectivity index (χ1) is 9.97. The van der Waals surface area contributed by atoms with Crippen molar-refractivity contribution in [2.24, 2.45) is 0 Å². The third-order valence-electron chi connectivity index (χ3n) is 3.38. The van der Waals surface area contributed by atoms with E-state index in [2.05, 4.69) is 6.92 Å². The maximum absolute atomic E-state index is 11.3. The van der Waals surface area contributed by atoms with Crippen LogP contribution in [0.2, 0.25) is 0 Å². The maximum Gasteiger partial charge on any atom is 0.339 e. The van der Waals surface area contributed by atoms with Crippen molar-refractivity contribution >= 4 is 22.6 Å². The average Bonchev–Trinajstić information content (AvgIpc) is 2.74. The third-order valence-corrected chi connectivity index (χ3v) is 4.90. The van der Waals surface area contributed by atoms with Crippen molar-refractivity contribution < 1.29 is 23.7 Å². The van der Waals surface area contributed by atoms with Crippen LogP contribution in [0, 0.1) is 0 Å². The molecular formula is C15H20O5S. The first-order valence-electron chi connectivity index (χ1n) is 6.97. The van der Waals surface area contributed by atoms with Gasteiger partial charge in [-0.25, -0.2) is 4.79 Å². The van der Waals surface area contributed by atoms with Crippen molar-refractivity contribution in [1.29, 1.82) is 0 Å². The van der Waals surface area contributed by atoms with Crippen molar-refractivity contribution in [3.8, 4) is 5.75 Å². The molecule has 0 bridgehead atoms. The van der Waals surface area contributed by atoms with E-state index in [4.69, 9.17) is 4.74 Å². The fraction of sp³-hybridized carbons (Fsp3) is 0.400. The zero-order chi connectivity index (χ0) is 15.5. The van der Waals surface area contributed by atoms with Crippen molar-refractivity contribution in [2.45, 2.75) is 37.5 Å². The molecule has 1 aromatic carbocycles. The molecule has 2 rings (SSSR count). The minimum Gasteiger partial charge on any atom is -0.492 e. The van der Waals surface area contributed by atoms with Crippen LogP contribution in [-0.4, -0.2) is 26.8 Å². The summed E-state index contributed by atoms with van der Waals surface area (Å²) in [5.74, 6) is -0.858. The molecule has 0 aliphatic carbocycles. The Kier molecular flexibility index (Phi) is 4.92. The van der Waals surface area contributed by atoms with E-state index in [1.807, 2.05) is 0 Å². The van der Waals surface area contributed by atoms with Crippen LogP contribution in [-0.2, 0) is 0 Å². The van der Waals surface area contributed by atoms with Gasteiger partial charge in [-0.15, -0.1) is 10.6 Å². The standard InChI is InChI=1S/C15H20O5S/c1-2-3-4-5-9-20-14-11-8-10-21(18,19)13(11)7-6-12(14)15(16)17/h6-8,10,18-19H,2-5,9H2,1H3,(H,16,17). The lowest BCUT2D eigenvalue weighted by molar-refractivity contribution is 0.0692. The summed E-state index contributed by atoms with van der Waals surface area (Å²) in [6, 6.07) is 2.81. The minimum absolute atomic E-state index is 0.0472. The Morgan fingerprint density at radius 3 is 2.67 bits per heavy atom. The molecule has 116 valence electrons. The highest BCUT2D eigenvalue weighted by molar-refractivity contribution is 8.27. The van der Waals surface area contributed by atoms with Gasteiger partial charge in [-0.05, 0) is 24.6 Å². The molecule has 0 aromatic heterocycles. The van der Waals surface area contributed by atoms with Gasteiger partial charge in [0.15, 0.2) is 0 Å². The van der Waals surface area contributed by atoms with E-state index >= 15 is 0 Å². The highest BCUT2D eigenvalue weighted by atomic mass is 32.3. The lowest BCUT2D eigenvalue weighted by Crippen LogP contribution is -2.07. The Bertz CT molecular complexity index is 565. The number of carboxylic acids is 1. The fourth-order valence-electron chi connectivity index (χ4n) is 2.26.